The average molecular weight is 239 g/mol. The van der Waals surface area contributed by atoms with Crippen LogP contribution in [-0.2, 0) is 9.53 Å². The van der Waals surface area contributed by atoms with Gasteiger partial charge in [0.25, 0.3) is 0 Å². The van der Waals surface area contributed by atoms with Crippen molar-refractivity contribution in [2.45, 2.75) is 12.2 Å². The minimum Gasteiger partial charge on any atom is -0.505 e. The van der Waals surface area contributed by atoms with Crippen LogP contribution < -0.4 is 0 Å². The van der Waals surface area contributed by atoms with Crippen molar-refractivity contribution in [3.8, 4) is 0 Å². The van der Waals surface area contributed by atoms with Crippen LogP contribution in [0.3, 0.4) is 0 Å². The predicted octanol–water partition coefficient (Wildman–Crippen LogP) is -2.17. The Hall–Kier alpha value is 0.990. The molecule has 0 aromatic heterocycles. The summed E-state index contributed by atoms with van der Waals surface area (Å²) < 4.78 is 4.32. The first-order chi connectivity index (χ1) is 5.57. The van der Waals surface area contributed by atoms with Crippen LogP contribution in [0.5, 0.6) is 0 Å². The number of ether oxygens (including phenoxy) is 1. The summed E-state index contributed by atoms with van der Waals surface area (Å²) in [6.45, 7) is -0.671. The predicted molar refractivity (Wildman–Crippen MR) is 46.8 cm³/mol. The van der Waals surface area contributed by atoms with E-state index in [2.05, 4.69) is 4.74 Å². The van der Waals surface area contributed by atoms with E-state index in [-0.39, 0.29) is 67.3 Å². The molecule has 0 amide bonds. The van der Waals surface area contributed by atoms with Gasteiger partial charge in [-0.1, -0.05) is 0 Å². The van der Waals surface area contributed by atoms with Crippen molar-refractivity contribution in [3.05, 3.63) is 11.5 Å². The zero-order chi connectivity index (χ0) is 9.30. The minimum absolute atomic E-state index is 0. The van der Waals surface area contributed by atoms with Gasteiger partial charge >= 0.3 is 5.97 Å². The van der Waals surface area contributed by atoms with Crippen LogP contribution in [0, 0.1) is 0 Å². The maximum Gasteiger partial charge on any atom is 0.377 e. The number of hydrogen-bond donors (Lipinski definition) is 4. The summed E-state index contributed by atoms with van der Waals surface area (Å²) in [5, 5.41) is 35.0. The maximum atomic E-state index is 10.5. The molecule has 0 unspecified atom stereocenters. The van der Waals surface area contributed by atoms with Gasteiger partial charge in [0.2, 0.25) is 5.76 Å². The zero-order valence-corrected chi connectivity index (χ0v) is 11.9. The monoisotopic (exact) mass is 239 g/mol. The van der Waals surface area contributed by atoms with Crippen molar-refractivity contribution in [1.29, 1.82) is 0 Å². The van der Waals surface area contributed by atoms with E-state index in [9.17, 15) is 4.79 Å². The Bertz CT molecular complexity index is 242. The smallest absolute Gasteiger partial charge is 0.377 e. The van der Waals surface area contributed by atoms with Gasteiger partial charge in [0, 0.05) is 67.3 Å². The van der Waals surface area contributed by atoms with Crippen molar-refractivity contribution < 1.29 is 30.0 Å². The fourth-order valence-corrected chi connectivity index (χ4v) is 0.823. The van der Waals surface area contributed by atoms with E-state index in [1.165, 1.54) is 0 Å². The van der Waals surface area contributed by atoms with Gasteiger partial charge in [-0.3, -0.25) is 0 Å². The molecule has 14 heavy (non-hydrogen) atoms. The number of hydrogen-bond acceptors (Lipinski definition) is 6. The molecule has 0 bridgehead atoms. The summed E-state index contributed by atoms with van der Waals surface area (Å²) in [5.74, 6) is -2.78. The first-order valence-corrected chi connectivity index (χ1v) is 3.20. The van der Waals surface area contributed by atoms with E-state index in [0.29, 0.717) is 0 Å². The molecule has 1 rings (SSSR count). The quantitative estimate of drug-likeness (QED) is 0.323. The number of rotatable bonds is 2. The fraction of sp³-hybridized carbons (Fsp3) is 0.500. The minimum atomic E-state index is -1.42. The van der Waals surface area contributed by atoms with Crippen molar-refractivity contribution in [2.75, 3.05) is 6.61 Å². The van der Waals surface area contributed by atoms with Crippen LogP contribution in [0.25, 0.3) is 0 Å². The van der Waals surface area contributed by atoms with Crippen LogP contribution in [-0.4, -0.2) is 113 Å². The Balaban J connectivity index is 0. The molecule has 0 saturated carbocycles. The number of aliphatic hydroxyl groups is 4. The van der Waals surface area contributed by atoms with E-state index < -0.39 is 36.3 Å². The summed E-state index contributed by atoms with van der Waals surface area (Å²) in [7, 11) is 0. The van der Waals surface area contributed by atoms with Gasteiger partial charge in [-0.2, -0.15) is 0 Å². The summed E-state index contributed by atoms with van der Waals surface area (Å²) >= 11 is 0. The Morgan fingerprint density at radius 1 is 1.43 bits per heavy atom. The third-order valence-corrected chi connectivity index (χ3v) is 1.48. The van der Waals surface area contributed by atoms with E-state index >= 15 is 0 Å². The van der Waals surface area contributed by atoms with E-state index in [1.807, 2.05) is 0 Å². The first-order valence-electron chi connectivity index (χ1n) is 3.20. The molecule has 2 atom stereocenters. The summed E-state index contributed by atoms with van der Waals surface area (Å²) in [6.07, 6.45) is -2.78. The van der Waals surface area contributed by atoms with Crippen LogP contribution in [0.2, 0.25) is 0 Å². The molecule has 0 aromatic rings. The molecule has 4 N–H and O–H groups in total. The second-order valence-electron chi connectivity index (χ2n) is 2.31. The van der Waals surface area contributed by atoms with Gasteiger partial charge in [-0.05, 0) is 0 Å². The molecule has 1 aliphatic rings. The van der Waals surface area contributed by atoms with Crippen molar-refractivity contribution in [1.82, 2.24) is 0 Å². The molecule has 3 radical (unpaired) electrons. The summed E-state index contributed by atoms with van der Waals surface area (Å²) in [4.78, 5) is 10.5. The number of esters is 1. The van der Waals surface area contributed by atoms with Gasteiger partial charge in [0.05, 0.1) is 6.61 Å². The Labute approximate surface area is 132 Å². The van der Waals surface area contributed by atoms with Crippen LogP contribution in [0.4, 0.5) is 0 Å². The van der Waals surface area contributed by atoms with Gasteiger partial charge in [-0.15, -0.1) is 0 Å². The number of cyclic esters (lactones) is 1. The molecule has 8 heteroatoms. The normalized spacial score (nSPS) is 22.1. The number of aliphatic hydroxyl groups excluding tert-OH is 4. The fourth-order valence-electron chi connectivity index (χ4n) is 0.823. The second-order valence-corrected chi connectivity index (χ2v) is 2.31. The first kappa shape index (κ1) is 17.4. The SMILES string of the molecule is O=C1O[C@H]([C@@H](O)CO)C(O)=C1O.[Ca].[Na]. The molecule has 0 fully saturated rings. The van der Waals surface area contributed by atoms with Gasteiger partial charge < -0.3 is 25.2 Å². The van der Waals surface area contributed by atoms with Crippen molar-refractivity contribution >= 4 is 73.3 Å². The van der Waals surface area contributed by atoms with Crippen molar-refractivity contribution in [2.24, 2.45) is 0 Å². The molecule has 0 spiro atoms. The molecule has 1 aliphatic heterocycles. The summed E-state index contributed by atoms with van der Waals surface area (Å²) in [5.41, 5.74) is 0. The maximum absolute atomic E-state index is 10.5. The molecule has 71 valence electrons. The zero-order valence-electron chi connectivity index (χ0n) is 7.67. The van der Waals surface area contributed by atoms with Crippen LogP contribution >= 0.6 is 0 Å². The molecule has 0 aromatic carbocycles. The molecule has 6 nitrogen and oxygen atoms in total. The third kappa shape index (κ3) is 3.53. The topological polar surface area (TPSA) is 107 Å². The molecular formula is C6H8CaNaO6. The van der Waals surface area contributed by atoms with Crippen LogP contribution in [0.1, 0.15) is 0 Å². The third-order valence-electron chi connectivity index (χ3n) is 1.48. The van der Waals surface area contributed by atoms with Gasteiger partial charge in [-0.25, -0.2) is 4.79 Å². The number of carbonyl (C=O) groups is 1. The number of carbonyl (C=O) groups excluding carboxylic acids is 1. The summed E-state index contributed by atoms with van der Waals surface area (Å²) in [6, 6.07) is 0. The average Bonchev–Trinajstić information content (AvgIpc) is 2.32. The van der Waals surface area contributed by atoms with Gasteiger partial charge in [0.1, 0.15) is 6.10 Å². The Kier molecular flexibility index (Phi) is 9.06. The van der Waals surface area contributed by atoms with Crippen molar-refractivity contribution in [3.63, 3.8) is 0 Å². The largest absolute Gasteiger partial charge is 0.505 e. The standard InChI is InChI=1S/C6H8O6.Ca.Na/c7-1-2(8)5-3(9)4(10)6(11)12-5;;/h2,5,7-10H,1H2;;/t2-,5+;;/m0../s1. The van der Waals surface area contributed by atoms with Crippen LogP contribution in [0.15, 0.2) is 11.5 Å². The van der Waals surface area contributed by atoms with E-state index in [0.717, 1.165) is 0 Å². The Morgan fingerprint density at radius 3 is 2.21 bits per heavy atom. The van der Waals surface area contributed by atoms with Gasteiger partial charge in [0.15, 0.2) is 11.9 Å². The van der Waals surface area contributed by atoms with E-state index in [4.69, 9.17) is 20.4 Å². The molecule has 1 heterocycles. The van der Waals surface area contributed by atoms with E-state index in [1.54, 1.807) is 0 Å². The molecular weight excluding hydrogens is 231 g/mol. The molecule has 0 aliphatic carbocycles. The molecule has 0 saturated heterocycles. The Morgan fingerprint density at radius 2 is 1.93 bits per heavy atom. The second kappa shape index (κ2) is 7.29.